The lowest BCUT2D eigenvalue weighted by atomic mass is 10.0. The van der Waals surface area contributed by atoms with Crippen LogP contribution in [0, 0.1) is 0 Å². The summed E-state index contributed by atoms with van der Waals surface area (Å²) >= 11 is 3.40. The summed E-state index contributed by atoms with van der Waals surface area (Å²) in [4.78, 5) is 12.7. The first-order valence-corrected chi connectivity index (χ1v) is 11.3. The number of hydrogen-bond acceptors (Lipinski definition) is 4. The molecule has 1 atom stereocenters. The fraction of sp³-hybridized carbons (Fsp3) is 0.190. The van der Waals surface area contributed by atoms with Crippen LogP contribution in [0.2, 0.25) is 0 Å². The molecule has 3 aromatic rings. The second-order valence-corrected chi connectivity index (χ2v) is 9.10. The highest BCUT2D eigenvalue weighted by Gasteiger charge is 2.17. The maximum atomic E-state index is 12.6. The Morgan fingerprint density at radius 3 is 2.34 bits per heavy atom. The number of rotatable bonds is 8. The first-order chi connectivity index (χ1) is 13.9. The van der Waals surface area contributed by atoms with Crippen LogP contribution in [0.3, 0.4) is 0 Å². The molecule has 8 heteroatoms. The summed E-state index contributed by atoms with van der Waals surface area (Å²) in [5.41, 5.74) is 1.40. The maximum absolute atomic E-state index is 12.6. The Hall–Kier alpha value is -2.42. The average Bonchev–Trinajstić information content (AvgIpc) is 3.25. The highest BCUT2D eigenvalue weighted by Crippen LogP contribution is 2.20. The van der Waals surface area contributed by atoms with Crippen molar-refractivity contribution >= 4 is 31.9 Å². The Labute approximate surface area is 178 Å². The van der Waals surface area contributed by atoms with E-state index in [9.17, 15) is 13.2 Å². The van der Waals surface area contributed by atoms with Crippen LogP contribution in [-0.4, -0.2) is 14.3 Å². The first-order valence-electron chi connectivity index (χ1n) is 9.07. The predicted molar refractivity (Wildman–Crippen MR) is 114 cm³/mol. The summed E-state index contributed by atoms with van der Waals surface area (Å²) in [6.45, 7) is 2.05. The number of hydrogen-bond donors (Lipinski definition) is 2. The van der Waals surface area contributed by atoms with E-state index in [-0.39, 0.29) is 23.4 Å². The number of sulfonamides is 1. The zero-order valence-electron chi connectivity index (χ0n) is 15.8. The lowest BCUT2D eigenvalue weighted by Crippen LogP contribution is -2.28. The number of carbonyl (C=O) groups is 1. The van der Waals surface area contributed by atoms with Crippen LogP contribution in [0.15, 0.2) is 80.7 Å². The van der Waals surface area contributed by atoms with Gasteiger partial charge in [0.15, 0.2) is 0 Å². The van der Waals surface area contributed by atoms with Crippen molar-refractivity contribution in [2.75, 3.05) is 0 Å². The zero-order valence-corrected chi connectivity index (χ0v) is 18.2. The summed E-state index contributed by atoms with van der Waals surface area (Å²) in [7, 11) is -3.70. The normalized spacial score (nSPS) is 12.5. The molecule has 0 radical (unpaired) electrons. The van der Waals surface area contributed by atoms with Crippen molar-refractivity contribution in [2.24, 2.45) is 0 Å². The fourth-order valence-electron chi connectivity index (χ4n) is 2.81. The van der Waals surface area contributed by atoms with Gasteiger partial charge in [0.05, 0.1) is 23.7 Å². The number of furan rings is 1. The Morgan fingerprint density at radius 1 is 1.07 bits per heavy atom. The third-order valence-corrected chi connectivity index (χ3v) is 6.38. The Morgan fingerprint density at radius 2 is 1.76 bits per heavy atom. The molecule has 0 aliphatic heterocycles. The molecule has 29 heavy (non-hydrogen) atoms. The summed E-state index contributed by atoms with van der Waals surface area (Å²) in [6.07, 6.45) is 2.21. The van der Waals surface area contributed by atoms with Gasteiger partial charge in [0, 0.05) is 10.0 Å². The number of carbonyl (C=O) groups excluding carboxylic acids is 1. The lowest BCUT2D eigenvalue weighted by molar-refractivity contribution is 0.0935. The van der Waals surface area contributed by atoms with E-state index in [0.717, 1.165) is 16.5 Å². The molecule has 1 amide bonds. The molecule has 0 fully saturated rings. The molecule has 0 spiro atoms. The number of benzene rings is 2. The van der Waals surface area contributed by atoms with Gasteiger partial charge in [0.2, 0.25) is 10.0 Å². The third kappa shape index (κ3) is 5.56. The van der Waals surface area contributed by atoms with Crippen molar-refractivity contribution in [2.45, 2.75) is 30.8 Å². The number of halogens is 1. The Balaban J connectivity index is 1.66. The van der Waals surface area contributed by atoms with Gasteiger partial charge < -0.3 is 9.73 Å². The van der Waals surface area contributed by atoms with Gasteiger partial charge in [-0.1, -0.05) is 35.0 Å². The molecule has 1 aromatic heterocycles. The number of nitrogens with one attached hydrogen (secondary N) is 2. The summed E-state index contributed by atoms with van der Waals surface area (Å²) in [5.74, 6) is 0.260. The van der Waals surface area contributed by atoms with Gasteiger partial charge in [0.25, 0.3) is 5.91 Å². The molecule has 1 unspecified atom stereocenters. The molecule has 3 rings (SSSR count). The molecule has 6 nitrogen and oxygen atoms in total. The molecule has 0 saturated heterocycles. The highest BCUT2D eigenvalue weighted by molar-refractivity contribution is 9.10. The van der Waals surface area contributed by atoms with Gasteiger partial charge in [-0.2, -0.15) is 0 Å². The van der Waals surface area contributed by atoms with E-state index in [1.165, 1.54) is 30.5 Å². The van der Waals surface area contributed by atoms with Crippen LogP contribution in [-0.2, 0) is 16.6 Å². The van der Waals surface area contributed by atoms with Crippen molar-refractivity contribution in [3.8, 4) is 0 Å². The third-order valence-electron chi connectivity index (χ3n) is 4.43. The van der Waals surface area contributed by atoms with Crippen LogP contribution in [0.25, 0.3) is 0 Å². The van der Waals surface area contributed by atoms with E-state index in [0.29, 0.717) is 11.3 Å². The van der Waals surface area contributed by atoms with Crippen LogP contribution < -0.4 is 10.0 Å². The Bertz CT molecular complexity index is 1050. The molecule has 152 valence electrons. The van der Waals surface area contributed by atoms with E-state index in [1.54, 1.807) is 12.1 Å². The average molecular weight is 477 g/mol. The summed E-state index contributed by atoms with van der Waals surface area (Å²) in [6, 6.07) is 16.9. The molecule has 2 N–H and O–H groups in total. The van der Waals surface area contributed by atoms with Crippen molar-refractivity contribution in [1.82, 2.24) is 10.0 Å². The maximum Gasteiger partial charge on any atom is 0.251 e. The van der Waals surface area contributed by atoms with Crippen LogP contribution >= 0.6 is 15.9 Å². The molecule has 0 aliphatic carbocycles. The molecule has 0 aliphatic rings. The first kappa shape index (κ1) is 21.3. The van der Waals surface area contributed by atoms with Gasteiger partial charge in [-0.3, -0.25) is 4.79 Å². The molecule has 1 heterocycles. The lowest BCUT2D eigenvalue weighted by Gasteiger charge is -2.18. The largest absolute Gasteiger partial charge is 0.468 e. The van der Waals surface area contributed by atoms with Crippen LogP contribution in [0.5, 0.6) is 0 Å². The molecule has 2 aromatic carbocycles. The monoisotopic (exact) mass is 476 g/mol. The quantitative estimate of drug-likeness (QED) is 0.504. The second-order valence-electron chi connectivity index (χ2n) is 6.41. The van der Waals surface area contributed by atoms with E-state index in [4.69, 9.17) is 4.42 Å². The molecular formula is C21H21BrN2O4S. The Kier molecular flexibility index (Phi) is 6.89. The van der Waals surface area contributed by atoms with E-state index in [1.807, 2.05) is 31.2 Å². The highest BCUT2D eigenvalue weighted by atomic mass is 79.9. The minimum Gasteiger partial charge on any atom is -0.468 e. The van der Waals surface area contributed by atoms with Crippen molar-refractivity contribution in [3.05, 3.63) is 88.3 Å². The van der Waals surface area contributed by atoms with Crippen molar-refractivity contribution in [3.63, 3.8) is 0 Å². The molecule has 0 saturated carbocycles. The smallest absolute Gasteiger partial charge is 0.251 e. The van der Waals surface area contributed by atoms with E-state index >= 15 is 0 Å². The van der Waals surface area contributed by atoms with Gasteiger partial charge in [0.1, 0.15) is 5.76 Å². The van der Waals surface area contributed by atoms with Gasteiger partial charge in [-0.05, 0) is 60.5 Å². The number of amides is 1. The fourth-order valence-corrected chi connectivity index (χ4v) is 4.06. The summed E-state index contributed by atoms with van der Waals surface area (Å²) in [5, 5.41) is 2.99. The molecular weight excluding hydrogens is 456 g/mol. The standard InChI is InChI=1S/C21H21BrN2O4S/c1-2-20(15-5-9-17(22)10-6-15)24-21(25)16-7-11-19(12-8-16)29(26,27)23-14-18-4-3-13-28-18/h3-13,20,23H,2,14H2,1H3,(H,24,25). The van der Waals surface area contributed by atoms with Crippen molar-refractivity contribution < 1.29 is 17.6 Å². The van der Waals surface area contributed by atoms with E-state index < -0.39 is 10.0 Å². The van der Waals surface area contributed by atoms with Gasteiger partial charge in [-0.25, -0.2) is 13.1 Å². The summed E-state index contributed by atoms with van der Waals surface area (Å²) < 4.78 is 33.3. The predicted octanol–water partition coefficient (Wildman–Crippen LogP) is 4.40. The minimum absolute atomic E-state index is 0.0585. The minimum atomic E-state index is -3.70. The van der Waals surface area contributed by atoms with Crippen LogP contribution in [0.1, 0.15) is 41.1 Å². The second kappa shape index (κ2) is 9.39. The topological polar surface area (TPSA) is 88.4 Å². The van der Waals surface area contributed by atoms with E-state index in [2.05, 4.69) is 26.0 Å². The molecule has 0 bridgehead atoms. The van der Waals surface area contributed by atoms with Crippen molar-refractivity contribution in [1.29, 1.82) is 0 Å². The zero-order chi connectivity index (χ0) is 20.9. The van der Waals surface area contributed by atoms with Crippen LogP contribution in [0.4, 0.5) is 0 Å². The van der Waals surface area contributed by atoms with Gasteiger partial charge in [-0.15, -0.1) is 0 Å². The SMILES string of the molecule is CCC(NC(=O)c1ccc(S(=O)(=O)NCc2ccco2)cc1)c1ccc(Br)cc1. The van der Waals surface area contributed by atoms with Gasteiger partial charge >= 0.3 is 0 Å².